The summed E-state index contributed by atoms with van der Waals surface area (Å²) in [5.74, 6) is 0.0978. The van der Waals surface area contributed by atoms with Crippen LogP contribution in [0.25, 0.3) is 0 Å². The molecule has 0 saturated heterocycles. The molecular weight excluding hydrogens is 282 g/mol. The first kappa shape index (κ1) is 17.3. The van der Waals surface area contributed by atoms with Crippen LogP contribution in [0.15, 0.2) is 36.4 Å². The van der Waals surface area contributed by atoms with Crippen LogP contribution in [0.4, 0.5) is 5.69 Å². The van der Waals surface area contributed by atoms with Crippen LogP contribution in [0.3, 0.4) is 0 Å². The standard InChI is InChI=1S/C21H27NO/c1-5-17-8-7-9-18(6-2)21(17)22-20(23)13-12-19-11-10-15(3)14-16(19)4/h7-11,14H,5-6,12-13H2,1-4H3,(H,22,23). The van der Waals surface area contributed by atoms with Gasteiger partial charge in [0.25, 0.3) is 0 Å². The highest BCUT2D eigenvalue weighted by atomic mass is 16.1. The van der Waals surface area contributed by atoms with Crippen molar-refractivity contribution < 1.29 is 4.79 Å². The minimum absolute atomic E-state index is 0.0978. The van der Waals surface area contributed by atoms with Crippen molar-refractivity contribution in [2.75, 3.05) is 5.32 Å². The van der Waals surface area contributed by atoms with Crippen LogP contribution < -0.4 is 5.32 Å². The van der Waals surface area contributed by atoms with Crippen LogP contribution in [-0.2, 0) is 24.1 Å². The van der Waals surface area contributed by atoms with Crippen molar-refractivity contribution in [1.29, 1.82) is 0 Å². The Bertz CT molecular complexity index is 666. The number of anilines is 1. The Labute approximate surface area is 139 Å². The van der Waals surface area contributed by atoms with E-state index in [1.54, 1.807) is 0 Å². The minimum atomic E-state index is 0.0978. The zero-order valence-electron chi connectivity index (χ0n) is 14.7. The Kier molecular flexibility index (Phi) is 5.97. The van der Waals surface area contributed by atoms with E-state index in [0.29, 0.717) is 6.42 Å². The van der Waals surface area contributed by atoms with E-state index in [9.17, 15) is 4.79 Å². The number of nitrogens with one attached hydrogen (secondary N) is 1. The van der Waals surface area contributed by atoms with Crippen LogP contribution in [-0.4, -0.2) is 5.91 Å². The average molecular weight is 309 g/mol. The minimum Gasteiger partial charge on any atom is -0.326 e. The molecule has 2 aromatic carbocycles. The maximum atomic E-state index is 12.4. The molecule has 0 spiro atoms. The van der Waals surface area contributed by atoms with Crippen molar-refractivity contribution in [2.45, 2.75) is 53.4 Å². The molecule has 0 unspecified atom stereocenters. The Morgan fingerprint density at radius 3 is 2.17 bits per heavy atom. The molecule has 0 radical (unpaired) electrons. The molecule has 1 amide bonds. The van der Waals surface area contributed by atoms with Gasteiger partial charge in [0.05, 0.1) is 0 Å². The van der Waals surface area contributed by atoms with E-state index < -0.39 is 0 Å². The highest BCUT2D eigenvalue weighted by Gasteiger charge is 2.10. The lowest BCUT2D eigenvalue weighted by molar-refractivity contribution is -0.116. The van der Waals surface area contributed by atoms with Crippen molar-refractivity contribution in [1.82, 2.24) is 0 Å². The summed E-state index contributed by atoms with van der Waals surface area (Å²) in [7, 11) is 0. The van der Waals surface area contributed by atoms with Gasteiger partial charge in [0.15, 0.2) is 0 Å². The van der Waals surface area contributed by atoms with E-state index >= 15 is 0 Å². The number of rotatable bonds is 6. The van der Waals surface area contributed by atoms with Gasteiger partial charge in [0.2, 0.25) is 5.91 Å². The summed E-state index contributed by atoms with van der Waals surface area (Å²) < 4.78 is 0. The quantitative estimate of drug-likeness (QED) is 0.799. The van der Waals surface area contributed by atoms with Gasteiger partial charge in [-0.3, -0.25) is 4.79 Å². The summed E-state index contributed by atoms with van der Waals surface area (Å²) in [6.45, 7) is 8.46. The van der Waals surface area contributed by atoms with E-state index in [1.807, 2.05) is 0 Å². The molecule has 0 aliphatic carbocycles. The maximum absolute atomic E-state index is 12.4. The van der Waals surface area contributed by atoms with Crippen molar-refractivity contribution in [3.63, 3.8) is 0 Å². The molecule has 2 nitrogen and oxygen atoms in total. The first-order valence-electron chi connectivity index (χ1n) is 8.51. The zero-order chi connectivity index (χ0) is 16.8. The third-order valence-electron chi connectivity index (χ3n) is 4.38. The van der Waals surface area contributed by atoms with E-state index in [0.717, 1.165) is 24.9 Å². The molecule has 0 aliphatic heterocycles. The summed E-state index contributed by atoms with van der Waals surface area (Å²) in [5.41, 5.74) is 7.22. The molecule has 0 aliphatic rings. The van der Waals surface area contributed by atoms with E-state index in [-0.39, 0.29) is 5.91 Å². The molecule has 0 heterocycles. The Morgan fingerprint density at radius 2 is 1.61 bits per heavy atom. The van der Waals surface area contributed by atoms with E-state index in [1.165, 1.54) is 27.8 Å². The number of benzene rings is 2. The van der Waals surface area contributed by atoms with Gasteiger partial charge in [-0.25, -0.2) is 0 Å². The highest BCUT2D eigenvalue weighted by molar-refractivity contribution is 5.92. The lowest BCUT2D eigenvalue weighted by Gasteiger charge is -2.14. The first-order valence-corrected chi connectivity index (χ1v) is 8.51. The second kappa shape index (κ2) is 7.96. The molecule has 2 heteroatoms. The van der Waals surface area contributed by atoms with Crippen molar-refractivity contribution in [3.8, 4) is 0 Å². The fourth-order valence-electron chi connectivity index (χ4n) is 2.98. The first-order chi connectivity index (χ1) is 11.0. The fraction of sp³-hybridized carbons (Fsp3) is 0.381. The van der Waals surface area contributed by atoms with Crippen LogP contribution in [0.1, 0.15) is 48.1 Å². The molecular formula is C21H27NO. The molecule has 0 bridgehead atoms. The van der Waals surface area contributed by atoms with Crippen LogP contribution in [0, 0.1) is 13.8 Å². The Balaban J connectivity index is 2.05. The molecule has 2 aromatic rings. The third kappa shape index (κ3) is 4.44. The number of hydrogen-bond donors (Lipinski definition) is 1. The Hall–Kier alpha value is -2.09. The van der Waals surface area contributed by atoms with Gasteiger partial charge in [-0.1, -0.05) is 55.8 Å². The highest BCUT2D eigenvalue weighted by Crippen LogP contribution is 2.23. The lowest BCUT2D eigenvalue weighted by Crippen LogP contribution is -2.15. The third-order valence-corrected chi connectivity index (χ3v) is 4.38. The van der Waals surface area contributed by atoms with Gasteiger partial charge in [-0.05, 0) is 55.4 Å². The number of carbonyl (C=O) groups excluding carboxylic acids is 1. The van der Waals surface area contributed by atoms with Crippen LogP contribution in [0.2, 0.25) is 0 Å². The summed E-state index contributed by atoms with van der Waals surface area (Å²) in [6.07, 6.45) is 3.17. The number of aryl methyl sites for hydroxylation is 5. The SMILES string of the molecule is CCc1cccc(CC)c1NC(=O)CCc1ccc(C)cc1C. The predicted molar refractivity (Wildman–Crippen MR) is 98.1 cm³/mol. The topological polar surface area (TPSA) is 29.1 Å². The monoisotopic (exact) mass is 309 g/mol. The number of amides is 1. The number of carbonyl (C=O) groups is 1. The largest absolute Gasteiger partial charge is 0.326 e. The normalized spacial score (nSPS) is 10.6. The molecule has 0 fully saturated rings. The fourth-order valence-corrected chi connectivity index (χ4v) is 2.98. The van der Waals surface area contributed by atoms with E-state index in [4.69, 9.17) is 0 Å². The Morgan fingerprint density at radius 1 is 0.957 bits per heavy atom. The van der Waals surface area contributed by atoms with Gasteiger partial charge >= 0.3 is 0 Å². The van der Waals surface area contributed by atoms with Gasteiger partial charge < -0.3 is 5.32 Å². The van der Waals surface area contributed by atoms with Crippen molar-refractivity contribution in [3.05, 3.63) is 64.2 Å². The lowest BCUT2D eigenvalue weighted by atomic mass is 10.0. The molecule has 23 heavy (non-hydrogen) atoms. The molecule has 0 saturated carbocycles. The predicted octanol–water partition coefficient (Wildman–Crippen LogP) is 5.00. The summed E-state index contributed by atoms with van der Waals surface area (Å²) in [6, 6.07) is 12.7. The maximum Gasteiger partial charge on any atom is 0.224 e. The summed E-state index contributed by atoms with van der Waals surface area (Å²) in [5, 5.41) is 3.14. The number of para-hydroxylation sites is 1. The summed E-state index contributed by atoms with van der Waals surface area (Å²) >= 11 is 0. The van der Waals surface area contributed by atoms with Crippen molar-refractivity contribution >= 4 is 11.6 Å². The average Bonchev–Trinajstić information content (AvgIpc) is 2.54. The van der Waals surface area contributed by atoms with Crippen LogP contribution >= 0.6 is 0 Å². The molecule has 0 atom stereocenters. The second-order valence-corrected chi connectivity index (χ2v) is 6.14. The smallest absolute Gasteiger partial charge is 0.224 e. The number of hydrogen-bond acceptors (Lipinski definition) is 1. The van der Waals surface area contributed by atoms with Crippen molar-refractivity contribution in [2.24, 2.45) is 0 Å². The molecule has 1 N–H and O–H groups in total. The molecule has 2 rings (SSSR count). The second-order valence-electron chi connectivity index (χ2n) is 6.14. The van der Waals surface area contributed by atoms with Gasteiger partial charge in [0.1, 0.15) is 0 Å². The molecule has 122 valence electrons. The van der Waals surface area contributed by atoms with Crippen LogP contribution in [0.5, 0.6) is 0 Å². The van der Waals surface area contributed by atoms with Gasteiger partial charge in [-0.2, -0.15) is 0 Å². The zero-order valence-corrected chi connectivity index (χ0v) is 14.7. The van der Waals surface area contributed by atoms with E-state index in [2.05, 4.69) is 69.4 Å². The van der Waals surface area contributed by atoms with Gasteiger partial charge in [0, 0.05) is 12.1 Å². The molecule has 0 aromatic heterocycles. The van der Waals surface area contributed by atoms with Gasteiger partial charge in [-0.15, -0.1) is 0 Å². The summed E-state index contributed by atoms with van der Waals surface area (Å²) in [4.78, 5) is 12.4.